The average Bonchev–Trinajstić information content (AvgIpc) is 2.69. The van der Waals surface area contributed by atoms with Gasteiger partial charge in [-0.3, -0.25) is 14.9 Å². The number of benzene rings is 3. The van der Waals surface area contributed by atoms with E-state index in [2.05, 4.69) is 5.32 Å². The zero-order chi connectivity index (χ0) is 19.9. The molecule has 1 amide bonds. The van der Waals surface area contributed by atoms with E-state index >= 15 is 0 Å². The Hall–Kier alpha value is -3.64. The molecular weight excluding hydrogens is 380 g/mol. The van der Waals surface area contributed by atoms with Gasteiger partial charge in [0.05, 0.1) is 10.6 Å². The molecule has 3 aromatic carbocycles. The molecule has 0 spiro atoms. The Kier molecular flexibility index (Phi) is 6.04. The number of halogens is 1. The van der Waals surface area contributed by atoms with Crippen LogP contribution < -0.4 is 10.1 Å². The number of nitrogens with zero attached hydrogens (tertiary/aromatic N) is 1. The van der Waals surface area contributed by atoms with Crippen molar-refractivity contribution < 1.29 is 14.5 Å². The molecule has 0 aliphatic rings. The first kappa shape index (κ1) is 19.1. The van der Waals surface area contributed by atoms with Gasteiger partial charge in [0.1, 0.15) is 10.8 Å². The van der Waals surface area contributed by atoms with Crippen molar-refractivity contribution >= 4 is 35.0 Å². The number of nitrogens with one attached hydrogen (secondary N) is 1. The number of carbonyl (C=O) groups is 1. The summed E-state index contributed by atoms with van der Waals surface area (Å²) in [7, 11) is 0. The smallest absolute Gasteiger partial charge is 0.288 e. The van der Waals surface area contributed by atoms with E-state index in [0.29, 0.717) is 22.7 Å². The van der Waals surface area contributed by atoms with E-state index in [0.717, 1.165) is 0 Å². The fourth-order valence-corrected chi connectivity index (χ4v) is 2.58. The van der Waals surface area contributed by atoms with Gasteiger partial charge in [0, 0.05) is 12.1 Å². The second kappa shape index (κ2) is 8.83. The first-order valence-electron chi connectivity index (χ1n) is 8.28. The lowest BCUT2D eigenvalue weighted by atomic mass is 10.2. The zero-order valence-corrected chi connectivity index (χ0v) is 15.3. The van der Waals surface area contributed by atoms with Crippen molar-refractivity contribution in [2.45, 2.75) is 0 Å². The maximum absolute atomic E-state index is 12.3. The highest BCUT2D eigenvalue weighted by atomic mass is 35.5. The van der Waals surface area contributed by atoms with Crippen molar-refractivity contribution in [3.8, 4) is 11.5 Å². The SMILES string of the molecule is O=C(/C=C/c1ccc(Cl)c([N+](=O)[O-])c1)Nc1ccccc1Oc1ccccc1. The third-order valence-electron chi connectivity index (χ3n) is 3.71. The summed E-state index contributed by atoms with van der Waals surface area (Å²) in [5.74, 6) is 0.743. The van der Waals surface area contributed by atoms with Crippen LogP contribution in [0, 0.1) is 10.1 Å². The van der Waals surface area contributed by atoms with E-state index in [1.807, 2.05) is 30.3 Å². The molecule has 0 heterocycles. The first-order valence-corrected chi connectivity index (χ1v) is 8.65. The lowest BCUT2D eigenvalue weighted by molar-refractivity contribution is -0.384. The van der Waals surface area contributed by atoms with E-state index in [9.17, 15) is 14.9 Å². The van der Waals surface area contributed by atoms with Gasteiger partial charge in [0.2, 0.25) is 5.91 Å². The number of anilines is 1. The van der Waals surface area contributed by atoms with Gasteiger partial charge in [-0.2, -0.15) is 0 Å². The molecule has 140 valence electrons. The normalized spacial score (nSPS) is 10.6. The van der Waals surface area contributed by atoms with Crippen LogP contribution in [0.4, 0.5) is 11.4 Å². The Morgan fingerprint density at radius 2 is 1.75 bits per heavy atom. The molecule has 7 heteroatoms. The lowest BCUT2D eigenvalue weighted by Gasteiger charge is -2.11. The van der Waals surface area contributed by atoms with E-state index in [1.54, 1.807) is 30.3 Å². The van der Waals surface area contributed by atoms with Crippen LogP contribution in [0.2, 0.25) is 5.02 Å². The summed E-state index contributed by atoms with van der Waals surface area (Å²) in [5.41, 5.74) is 0.772. The molecule has 0 radical (unpaired) electrons. The second-order valence-corrected chi connectivity index (χ2v) is 6.11. The van der Waals surface area contributed by atoms with Crippen LogP contribution in [0.25, 0.3) is 6.08 Å². The molecule has 3 rings (SSSR count). The summed E-state index contributed by atoms with van der Waals surface area (Å²) < 4.78 is 5.80. The Balaban J connectivity index is 1.73. The van der Waals surface area contributed by atoms with E-state index in [-0.39, 0.29) is 10.7 Å². The Morgan fingerprint density at radius 1 is 1.04 bits per heavy atom. The van der Waals surface area contributed by atoms with Gasteiger partial charge in [0.15, 0.2) is 5.75 Å². The molecule has 0 saturated heterocycles. The van der Waals surface area contributed by atoms with Crippen molar-refractivity contribution in [1.82, 2.24) is 0 Å². The summed E-state index contributed by atoms with van der Waals surface area (Å²) in [5, 5.41) is 13.7. The van der Waals surface area contributed by atoms with Crippen molar-refractivity contribution in [2.75, 3.05) is 5.32 Å². The lowest BCUT2D eigenvalue weighted by Crippen LogP contribution is -2.08. The molecule has 0 atom stereocenters. The zero-order valence-electron chi connectivity index (χ0n) is 14.5. The summed E-state index contributed by atoms with van der Waals surface area (Å²) >= 11 is 5.79. The van der Waals surface area contributed by atoms with Crippen molar-refractivity contribution in [2.24, 2.45) is 0 Å². The van der Waals surface area contributed by atoms with Crippen LogP contribution in [0.3, 0.4) is 0 Å². The van der Waals surface area contributed by atoms with Crippen LogP contribution in [0.5, 0.6) is 11.5 Å². The molecule has 0 fully saturated rings. The number of nitro benzene ring substituents is 1. The van der Waals surface area contributed by atoms with Crippen molar-refractivity contribution in [3.05, 3.63) is 99.6 Å². The summed E-state index contributed by atoms with van der Waals surface area (Å²) in [4.78, 5) is 22.6. The Bertz CT molecular complexity index is 1040. The largest absolute Gasteiger partial charge is 0.455 e. The highest BCUT2D eigenvalue weighted by Gasteiger charge is 2.12. The summed E-state index contributed by atoms with van der Waals surface area (Å²) in [6.07, 6.45) is 2.76. The number of hydrogen-bond donors (Lipinski definition) is 1. The third-order valence-corrected chi connectivity index (χ3v) is 4.03. The van der Waals surface area contributed by atoms with E-state index in [1.165, 1.54) is 24.3 Å². The molecule has 0 unspecified atom stereocenters. The van der Waals surface area contributed by atoms with Gasteiger partial charge < -0.3 is 10.1 Å². The number of ether oxygens (including phenoxy) is 1. The van der Waals surface area contributed by atoms with Crippen LogP contribution in [-0.2, 0) is 4.79 Å². The monoisotopic (exact) mass is 394 g/mol. The first-order chi connectivity index (χ1) is 13.5. The topological polar surface area (TPSA) is 81.5 Å². The predicted octanol–water partition coefficient (Wildman–Crippen LogP) is 5.69. The summed E-state index contributed by atoms with van der Waals surface area (Å²) in [6.45, 7) is 0. The molecule has 6 nitrogen and oxygen atoms in total. The van der Waals surface area contributed by atoms with Crippen LogP contribution in [0.15, 0.2) is 78.9 Å². The maximum atomic E-state index is 12.3. The van der Waals surface area contributed by atoms with Crippen molar-refractivity contribution in [1.29, 1.82) is 0 Å². The summed E-state index contributed by atoms with van der Waals surface area (Å²) in [6, 6.07) is 20.6. The Morgan fingerprint density at radius 3 is 2.50 bits per heavy atom. The standard InChI is InChI=1S/C21H15ClN2O4/c22-17-12-10-15(14-19(17)24(26)27)11-13-21(25)23-18-8-4-5-9-20(18)28-16-6-2-1-3-7-16/h1-14H,(H,23,25)/b13-11+. The predicted molar refractivity (Wildman–Crippen MR) is 109 cm³/mol. The third kappa shape index (κ3) is 4.96. The molecular formula is C21H15ClN2O4. The second-order valence-electron chi connectivity index (χ2n) is 5.70. The van der Waals surface area contributed by atoms with E-state index < -0.39 is 10.8 Å². The molecule has 0 saturated carbocycles. The highest BCUT2D eigenvalue weighted by Crippen LogP contribution is 2.29. The number of para-hydroxylation sites is 3. The van der Waals surface area contributed by atoms with Gasteiger partial charge >= 0.3 is 0 Å². The number of nitro groups is 1. The minimum atomic E-state index is -0.573. The van der Waals surface area contributed by atoms with Gasteiger partial charge in [-0.1, -0.05) is 48.0 Å². The minimum Gasteiger partial charge on any atom is -0.455 e. The quantitative estimate of drug-likeness (QED) is 0.330. The number of carbonyl (C=O) groups excluding carboxylic acids is 1. The average molecular weight is 395 g/mol. The Labute approximate surface area is 166 Å². The van der Waals surface area contributed by atoms with Crippen molar-refractivity contribution in [3.63, 3.8) is 0 Å². The van der Waals surface area contributed by atoms with Gasteiger partial charge in [-0.05, 0) is 42.0 Å². The fraction of sp³-hybridized carbons (Fsp3) is 0. The molecule has 0 bridgehead atoms. The maximum Gasteiger partial charge on any atom is 0.288 e. The van der Waals surface area contributed by atoms with Gasteiger partial charge in [-0.15, -0.1) is 0 Å². The van der Waals surface area contributed by atoms with E-state index in [4.69, 9.17) is 16.3 Å². The molecule has 0 aliphatic heterocycles. The molecule has 28 heavy (non-hydrogen) atoms. The number of rotatable bonds is 6. The van der Waals surface area contributed by atoms with Crippen LogP contribution in [0.1, 0.15) is 5.56 Å². The molecule has 3 aromatic rings. The van der Waals surface area contributed by atoms with Gasteiger partial charge in [0.25, 0.3) is 5.69 Å². The van der Waals surface area contributed by atoms with Gasteiger partial charge in [-0.25, -0.2) is 0 Å². The highest BCUT2D eigenvalue weighted by molar-refractivity contribution is 6.32. The molecule has 1 N–H and O–H groups in total. The van der Waals surface area contributed by atoms with Crippen LogP contribution >= 0.6 is 11.6 Å². The minimum absolute atomic E-state index is 0.0404. The molecule has 0 aliphatic carbocycles. The fourth-order valence-electron chi connectivity index (χ4n) is 2.39. The number of hydrogen-bond acceptors (Lipinski definition) is 4. The molecule has 0 aromatic heterocycles. The van der Waals surface area contributed by atoms with Crippen LogP contribution in [-0.4, -0.2) is 10.8 Å². The number of amides is 1.